The Balaban J connectivity index is 1.93. The van der Waals surface area contributed by atoms with Gasteiger partial charge in [-0.15, -0.1) is 0 Å². The van der Waals surface area contributed by atoms with Crippen LogP contribution in [0.25, 0.3) is 0 Å². The van der Waals surface area contributed by atoms with E-state index < -0.39 is 18.5 Å². The first-order valence-corrected chi connectivity index (χ1v) is 9.76. The molecule has 30 heavy (non-hydrogen) atoms. The molecule has 0 aliphatic heterocycles. The van der Waals surface area contributed by atoms with Crippen molar-refractivity contribution in [2.24, 2.45) is 5.92 Å². The number of nitrogens with one attached hydrogen (secondary N) is 2. The van der Waals surface area contributed by atoms with Gasteiger partial charge >= 0.3 is 5.97 Å². The first-order chi connectivity index (χ1) is 14.3. The Morgan fingerprint density at radius 3 is 2.50 bits per heavy atom. The van der Waals surface area contributed by atoms with Gasteiger partial charge in [-0.2, -0.15) is 0 Å². The van der Waals surface area contributed by atoms with Crippen LogP contribution < -0.4 is 15.4 Å². The first kappa shape index (κ1) is 22.9. The lowest BCUT2D eigenvalue weighted by Gasteiger charge is -2.13. The molecule has 0 unspecified atom stereocenters. The molecule has 2 aromatic carbocycles. The molecule has 160 valence electrons. The summed E-state index contributed by atoms with van der Waals surface area (Å²) in [5.41, 5.74) is 2.39. The number of benzene rings is 2. The molecule has 0 aliphatic carbocycles. The van der Waals surface area contributed by atoms with E-state index in [0.29, 0.717) is 35.0 Å². The average Bonchev–Trinajstić information content (AvgIpc) is 2.71. The van der Waals surface area contributed by atoms with E-state index in [4.69, 9.17) is 9.47 Å². The number of methoxy groups -OCH3 is 1. The van der Waals surface area contributed by atoms with Crippen molar-refractivity contribution in [3.05, 3.63) is 59.2 Å². The molecule has 0 fully saturated rings. The Morgan fingerprint density at radius 2 is 1.80 bits per heavy atom. The smallest absolute Gasteiger partial charge is 0.310 e. The van der Waals surface area contributed by atoms with E-state index in [-0.39, 0.29) is 12.3 Å². The average molecular weight is 412 g/mol. The normalized spacial score (nSPS) is 10.4. The third kappa shape index (κ3) is 6.92. The van der Waals surface area contributed by atoms with Crippen molar-refractivity contribution in [3.8, 4) is 5.75 Å². The van der Waals surface area contributed by atoms with Crippen molar-refractivity contribution in [2.45, 2.75) is 27.2 Å². The molecule has 7 heteroatoms. The van der Waals surface area contributed by atoms with E-state index in [1.54, 1.807) is 30.3 Å². The molecule has 0 spiro atoms. The second-order valence-electron chi connectivity index (χ2n) is 7.35. The highest BCUT2D eigenvalue weighted by Crippen LogP contribution is 2.20. The lowest BCUT2D eigenvalue weighted by Crippen LogP contribution is -2.29. The van der Waals surface area contributed by atoms with Crippen LogP contribution in [0.15, 0.2) is 42.5 Å². The molecule has 0 radical (unpaired) electrons. The molecule has 0 heterocycles. The molecule has 0 aliphatic rings. The van der Waals surface area contributed by atoms with Gasteiger partial charge in [0.15, 0.2) is 6.61 Å². The predicted octanol–water partition coefficient (Wildman–Crippen LogP) is 3.11. The van der Waals surface area contributed by atoms with Crippen molar-refractivity contribution in [2.75, 3.05) is 25.6 Å². The van der Waals surface area contributed by atoms with Gasteiger partial charge in [-0.05, 0) is 31.0 Å². The summed E-state index contributed by atoms with van der Waals surface area (Å²) in [4.78, 5) is 36.7. The van der Waals surface area contributed by atoms with Gasteiger partial charge in [0.2, 0.25) is 0 Å². The molecular formula is C23H28N2O5. The minimum absolute atomic E-state index is 0.00761. The van der Waals surface area contributed by atoms with Gasteiger partial charge in [-0.25, -0.2) is 0 Å². The minimum Gasteiger partial charge on any atom is -0.496 e. The van der Waals surface area contributed by atoms with E-state index in [1.165, 1.54) is 7.11 Å². The Morgan fingerprint density at radius 1 is 1.07 bits per heavy atom. The summed E-state index contributed by atoms with van der Waals surface area (Å²) < 4.78 is 10.3. The van der Waals surface area contributed by atoms with Gasteiger partial charge in [-0.1, -0.05) is 43.7 Å². The summed E-state index contributed by atoms with van der Waals surface area (Å²) in [6, 6.07) is 12.2. The molecule has 2 amide bonds. The molecule has 0 bridgehead atoms. The van der Waals surface area contributed by atoms with Crippen molar-refractivity contribution in [3.63, 3.8) is 0 Å². The van der Waals surface area contributed by atoms with Crippen LogP contribution in [0, 0.1) is 12.8 Å². The maximum atomic E-state index is 12.3. The summed E-state index contributed by atoms with van der Waals surface area (Å²) in [5, 5.41) is 5.45. The fourth-order valence-electron chi connectivity index (χ4n) is 2.77. The van der Waals surface area contributed by atoms with E-state index in [9.17, 15) is 14.4 Å². The number of hydrogen-bond donors (Lipinski definition) is 2. The van der Waals surface area contributed by atoms with Crippen molar-refractivity contribution in [1.29, 1.82) is 0 Å². The van der Waals surface area contributed by atoms with E-state index in [1.807, 2.05) is 32.9 Å². The number of carbonyl (C=O) groups is 3. The molecule has 0 atom stereocenters. The first-order valence-electron chi connectivity index (χ1n) is 9.76. The Bertz CT molecular complexity index is 908. The zero-order valence-electron chi connectivity index (χ0n) is 17.8. The van der Waals surface area contributed by atoms with Crippen LogP contribution >= 0.6 is 0 Å². The number of rotatable bonds is 9. The minimum atomic E-state index is -0.544. The highest BCUT2D eigenvalue weighted by molar-refractivity contribution is 6.04. The molecule has 2 aromatic rings. The van der Waals surface area contributed by atoms with Crippen LogP contribution in [-0.4, -0.2) is 38.0 Å². The second-order valence-corrected chi connectivity index (χ2v) is 7.35. The Labute approximate surface area is 176 Å². The van der Waals surface area contributed by atoms with E-state index in [0.717, 1.165) is 5.56 Å². The molecule has 2 rings (SSSR count). The molecular weight excluding hydrogens is 384 g/mol. The third-order valence-corrected chi connectivity index (χ3v) is 4.25. The number of para-hydroxylation sites is 1. The summed E-state index contributed by atoms with van der Waals surface area (Å²) in [6.07, 6.45) is -0.00761. The monoisotopic (exact) mass is 412 g/mol. The number of hydrogen-bond acceptors (Lipinski definition) is 5. The number of amides is 2. The van der Waals surface area contributed by atoms with Gasteiger partial charge in [0, 0.05) is 12.1 Å². The fraction of sp³-hybridized carbons (Fsp3) is 0.348. The standard InChI is InChI=1S/C23H28N2O5/c1-15(2)13-24-23(28)18-7-5-6-8-19(18)25-21(26)14-30-22(27)12-17-11-16(3)9-10-20(17)29-4/h5-11,15H,12-14H2,1-4H3,(H,24,28)(H,25,26). The molecule has 0 aromatic heterocycles. The lowest BCUT2D eigenvalue weighted by atomic mass is 10.1. The van der Waals surface area contributed by atoms with Gasteiger partial charge in [0.05, 0.1) is 24.8 Å². The van der Waals surface area contributed by atoms with Gasteiger partial charge in [0.1, 0.15) is 5.75 Å². The summed E-state index contributed by atoms with van der Waals surface area (Å²) in [7, 11) is 1.53. The van der Waals surface area contributed by atoms with Gasteiger partial charge < -0.3 is 20.1 Å². The molecule has 2 N–H and O–H groups in total. The molecule has 0 saturated carbocycles. The molecule has 7 nitrogen and oxygen atoms in total. The quantitative estimate of drug-likeness (QED) is 0.617. The van der Waals surface area contributed by atoms with Crippen LogP contribution in [0.5, 0.6) is 5.75 Å². The summed E-state index contributed by atoms with van der Waals surface area (Å²) in [5.74, 6) is -0.450. The number of carbonyl (C=O) groups excluding carboxylic acids is 3. The lowest BCUT2D eigenvalue weighted by molar-refractivity contribution is -0.146. The zero-order valence-corrected chi connectivity index (χ0v) is 17.8. The Kier molecular flexibility index (Phi) is 8.41. The van der Waals surface area contributed by atoms with Crippen LogP contribution in [-0.2, 0) is 20.7 Å². The topological polar surface area (TPSA) is 93.7 Å². The molecule has 0 saturated heterocycles. The SMILES string of the molecule is COc1ccc(C)cc1CC(=O)OCC(=O)Nc1ccccc1C(=O)NCC(C)C. The number of ether oxygens (including phenoxy) is 2. The largest absolute Gasteiger partial charge is 0.496 e. The van der Waals surface area contributed by atoms with Crippen LogP contribution in [0.4, 0.5) is 5.69 Å². The van der Waals surface area contributed by atoms with Crippen LogP contribution in [0.2, 0.25) is 0 Å². The number of aryl methyl sites for hydroxylation is 1. The van der Waals surface area contributed by atoms with Crippen molar-refractivity contribution < 1.29 is 23.9 Å². The van der Waals surface area contributed by atoms with Crippen molar-refractivity contribution >= 4 is 23.5 Å². The Hall–Kier alpha value is -3.35. The number of esters is 1. The highest BCUT2D eigenvalue weighted by atomic mass is 16.5. The summed E-state index contributed by atoms with van der Waals surface area (Å²) >= 11 is 0. The summed E-state index contributed by atoms with van der Waals surface area (Å²) in [6.45, 7) is 5.98. The number of anilines is 1. The third-order valence-electron chi connectivity index (χ3n) is 4.25. The maximum Gasteiger partial charge on any atom is 0.310 e. The van der Waals surface area contributed by atoms with Crippen LogP contribution in [0.1, 0.15) is 35.3 Å². The highest BCUT2D eigenvalue weighted by Gasteiger charge is 2.15. The van der Waals surface area contributed by atoms with E-state index >= 15 is 0 Å². The second kappa shape index (κ2) is 11.0. The predicted molar refractivity (Wildman–Crippen MR) is 115 cm³/mol. The fourth-order valence-corrected chi connectivity index (χ4v) is 2.77. The zero-order chi connectivity index (χ0) is 22.1. The van der Waals surface area contributed by atoms with Gasteiger partial charge in [0.25, 0.3) is 11.8 Å². The van der Waals surface area contributed by atoms with Crippen LogP contribution in [0.3, 0.4) is 0 Å². The van der Waals surface area contributed by atoms with Gasteiger partial charge in [-0.3, -0.25) is 14.4 Å². The maximum absolute atomic E-state index is 12.3. The van der Waals surface area contributed by atoms with E-state index in [2.05, 4.69) is 10.6 Å². The van der Waals surface area contributed by atoms with Crippen molar-refractivity contribution in [1.82, 2.24) is 5.32 Å².